The standard InChI is InChI=1S/2C8H9.2C2H6.Y/c2*1-7-5-3-4-6-8(7)2;2*1-2;/h2*3-5H,1-2H3;2*1-2H3;/q2*-1;;;. The first-order valence-corrected chi connectivity index (χ1v) is 7.49. The topological polar surface area (TPSA) is 0 Å². The maximum atomic E-state index is 3.10. The maximum Gasteiger partial charge on any atom is 0 e. The largest absolute Gasteiger partial charge is 0.180 e. The zero-order chi connectivity index (χ0) is 16.0. The molecule has 2 aromatic carbocycles. The molecule has 21 heavy (non-hydrogen) atoms. The van der Waals surface area contributed by atoms with Gasteiger partial charge >= 0.3 is 0 Å². The molecule has 0 aliphatic rings. The van der Waals surface area contributed by atoms with E-state index in [4.69, 9.17) is 0 Å². The van der Waals surface area contributed by atoms with Crippen molar-refractivity contribution in [3.8, 4) is 0 Å². The third kappa shape index (κ3) is 13.0. The Labute approximate surface area is 158 Å². The van der Waals surface area contributed by atoms with Gasteiger partial charge in [0.1, 0.15) is 0 Å². The van der Waals surface area contributed by atoms with Crippen molar-refractivity contribution in [3.05, 3.63) is 70.8 Å². The first-order valence-electron chi connectivity index (χ1n) is 7.49. The van der Waals surface area contributed by atoms with E-state index in [0.717, 1.165) is 0 Å². The summed E-state index contributed by atoms with van der Waals surface area (Å²) in [7, 11) is 0. The SMILES string of the molecule is CC.CC.Cc1[c-]cccc1C.Cc1[c-]cccc1C.[Y]. The molecule has 0 saturated carbocycles. The first-order chi connectivity index (χ1) is 9.61. The van der Waals surface area contributed by atoms with Crippen LogP contribution in [0.25, 0.3) is 0 Å². The first kappa shape index (κ1) is 25.5. The van der Waals surface area contributed by atoms with E-state index in [-0.39, 0.29) is 32.7 Å². The molecule has 2 aromatic rings. The summed E-state index contributed by atoms with van der Waals surface area (Å²) in [5.74, 6) is 0. The van der Waals surface area contributed by atoms with Crippen molar-refractivity contribution >= 4 is 0 Å². The van der Waals surface area contributed by atoms with E-state index in [9.17, 15) is 0 Å². The second-order valence-electron chi connectivity index (χ2n) is 3.96. The number of aryl methyl sites for hydroxylation is 4. The Morgan fingerprint density at radius 1 is 0.619 bits per heavy atom. The normalized spacial score (nSPS) is 7.62. The zero-order valence-corrected chi connectivity index (χ0v) is 17.9. The van der Waals surface area contributed by atoms with E-state index in [1.165, 1.54) is 22.3 Å². The predicted molar refractivity (Wildman–Crippen MR) is 92.2 cm³/mol. The van der Waals surface area contributed by atoms with Crippen molar-refractivity contribution < 1.29 is 32.7 Å². The minimum atomic E-state index is 0. The molecule has 0 atom stereocenters. The Morgan fingerprint density at radius 3 is 1.05 bits per heavy atom. The van der Waals surface area contributed by atoms with E-state index in [2.05, 4.69) is 52.0 Å². The molecule has 0 nitrogen and oxygen atoms in total. The smallest absolute Gasteiger partial charge is 0 e. The predicted octanol–water partition coefficient (Wildman–Crippen LogP) is 6.26. The Hall–Kier alpha value is -0.456. The van der Waals surface area contributed by atoms with Gasteiger partial charge in [0, 0.05) is 32.7 Å². The van der Waals surface area contributed by atoms with Crippen LogP contribution in [0, 0.1) is 39.8 Å². The molecule has 0 fully saturated rings. The summed E-state index contributed by atoms with van der Waals surface area (Å²) in [6.07, 6.45) is 0. The van der Waals surface area contributed by atoms with Gasteiger partial charge in [0.2, 0.25) is 0 Å². The fourth-order valence-corrected chi connectivity index (χ4v) is 1.21. The Bertz CT molecular complexity index is 362. The fourth-order valence-electron chi connectivity index (χ4n) is 1.21. The van der Waals surface area contributed by atoms with Crippen LogP contribution in [-0.4, -0.2) is 0 Å². The third-order valence-corrected chi connectivity index (χ3v) is 2.67. The van der Waals surface area contributed by atoms with Gasteiger partial charge in [0.25, 0.3) is 0 Å². The Morgan fingerprint density at radius 2 is 0.905 bits per heavy atom. The molecule has 2 rings (SSSR count). The molecule has 0 amide bonds. The minimum Gasteiger partial charge on any atom is -0.180 e. The molecular formula is C20H30Y-2. The van der Waals surface area contributed by atoms with Gasteiger partial charge in [0.15, 0.2) is 0 Å². The monoisotopic (exact) mass is 359 g/mol. The van der Waals surface area contributed by atoms with Gasteiger partial charge in [-0.2, -0.15) is 70.8 Å². The van der Waals surface area contributed by atoms with Crippen molar-refractivity contribution in [2.75, 3.05) is 0 Å². The molecule has 115 valence electrons. The van der Waals surface area contributed by atoms with Crippen LogP contribution in [0.15, 0.2) is 36.4 Å². The van der Waals surface area contributed by atoms with E-state index < -0.39 is 0 Å². The average Bonchev–Trinajstić information content (AvgIpc) is 2.50. The summed E-state index contributed by atoms with van der Waals surface area (Å²) >= 11 is 0. The summed E-state index contributed by atoms with van der Waals surface area (Å²) < 4.78 is 0. The third-order valence-electron chi connectivity index (χ3n) is 2.67. The summed E-state index contributed by atoms with van der Waals surface area (Å²) in [6, 6.07) is 18.2. The summed E-state index contributed by atoms with van der Waals surface area (Å²) in [4.78, 5) is 0. The molecule has 0 unspecified atom stereocenters. The molecule has 0 spiro atoms. The molecule has 0 aromatic heterocycles. The molecule has 0 N–H and O–H groups in total. The summed E-state index contributed by atoms with van der Waals surface area (Å²) in [5, 5.41) is 0. The second-order valence-corrected chi connectivity index (χ2v) is 3.96. The molecule has 1 radical (unpaired) electrons. The van der Waals surface area contributed by atoms with Crippen LogP contribution >= 0.6 is 0 Å². The zero-order valence-electron chi connectivity index (χ0n) is 15.0. The van der Waals surface area contributed by atoms with Gasteiger partial charge in [-0.1, -0.05) is 55.4 Å². The van der Waals surface area contributed by atoms with E-state index in [1.807, 2.05) is 52.0 Å². The van der Waals surface area contributed by atoms with Gasteiger partial charge in [-0.15, -0.1) is 0 Å². The van der Waals surface area contributed by atoms with E-state index >= 15 is 0 Å². The van der Waals surface area contributed by atoms with Crippen LogP contribution in [0.4, 0.5) is 0 Å². The van der Waals surface area contributed by atoms with Crippen LogP contribution in [-0.2, 0) is 32.7 Å². The van der Waals surface area contributed by atoms with Crippen molar-refractivity contribution in [1.82, 2.24) is 0 Å². The molecule has 0 aliphatic carbocycles. The Kier molecular flexibility index (Phi) is 21.4. The fraction of sp³-hybridized carbons (Fsp3) is 0.400. The number of rotatable bonds is 0. The van der Waals surface area contributed by atoms with Crippen LogP contribution in [0.3, 0.4) is 0 Å². The van der Waals surface area contributed by atoms with Gasteiger partial charge < -0.3 is 0 Å². The van der Waals surface area contributed by atoms with Crippen molar-refractivity contribution in [1.29, 1.82) is 0 Å². The molecule has 0 saturated heterocycles. The molecule has 1 heteroatoms. The molecule has 0 heterocycles. The van der Waals surface area contributed by atoms with E-state index in [0.29, 0.717) is 0 Å². The van der Waals surface area contributed by atoms with Crippen LogP contribution in [0.5, 0.6) is 0 Å². The van der Waals surface area contributed by atoms with Crippen LogP contribution in [0.2, 0.25) is 0 Å². The average molecular weight is 359 g/mol. The quantitative estimate of drug-likeness (QED) is 0.487. The maximum absolute atomic E-state index is 3.10. The van der Waals surface area contributed by atoms with Gasteiger partial charge in [-0.25, -0.2) is 0 Å². The van der Waals surface area contributed by atoms with Crippen molar-refractivity contribution in [2.24, 2.45) is 0 Å². The van der Waals surface area contributed by atoms with Crippen LogP contribution in [0.1, 0.15) is 49.9 Å². The number of hydrogen-bond donors (Lipinski definition) is 0. The minimum absolute atomic E-state index is 0. The number of hydrogen-bond acceptors (Lipinski definition) is 0. The molecule has 0 bridgehead atoms. The van der Waals surface area contributed by atoms with Crippen molar-refractivity contribution in [2.45, 2.75) is 55.4 Å². The van der Waals surface area contributed by atoms with E-state index in [1.54, 1.807) is 0 Å². The Balaban J connectivity index is -0.000000240. The van der Waals surface area contributed by atoms with Gasteiger partial charge in [-0.3, -0.25) is 0 Å². The molecular weight excluding hydrogens is 329 g/mol. The second kappa shape index (κ2) is 17.6. The molecule has 0 aliphatic heterocycles. The van der Waals surface area contributed by atoms with Gasteiger partial charge in [0.05, 0.1) is 0 Å². The van der Waals surface area contributed by atoms with Gasteiger partial charge in [-0.05, 0) is 0 Å². The van der Waals surface area contributed by atoms with Crippen LogP contribution < -0.4 is 0 Å². The number of benzene rings is 2. The summed E-state index contributed by atoms with van der Waals surface area (Å²) in [5.41, 5.74) is 5.11. The van der Waals surface area contributed by atoms with Crippen molar-refractivity contribution in [3.63, 3.8) is 0 Å². The summed E-state index contributed by atoms with van der Waals surface area (Å²) in [6.45, 7) is 16.3.